The summed E-state index contributed by atoms with van der Waals surface area (Å²) < 4.78 is 0. The lowest BCUT2D eigenvalue weighted by molar-refractivity contribution is 0.0268. The second-order valence-corrected chi connectivity index (χ2v) is 4.98. The molecule has 2 rings (SSSR count). The minimum Gasteiger partial charge on any atom is -0.391 e. The molecular weight excluding hydrogens is 242 g/mol. The van der Waals surface area contributed by atoms with Gasteiger partial charge in [0.05, 0.1) is 17.7 Å². The van der Waals surface area contributed by atoms with Crippen molar-refractivity contribution in [1.29, 1.82) is 0 Å². The van der Waals surface area contributed by atoms with Gasteiger partial charge in [-0.15, -0.1) is 0 Å². The fourth-order valence-electron chi connectivity index (χ4n) is 2.66. The average molecular weight is 263 g/mol. The molecule has 0 aliphatic heterocycles. The maximum Gasteiger partial charge on any atom is 0.257 e. The van der Waals surface area contributed by atoms with Crippen LogP contribution in [0.2, 0.25) is 0 Å². The molecule has 1 aliphatic rings. The van der Waals surface area contributed by atoms with Gasteiger partial charge in [-0.05, 0) is 25.0 Å². The van der Waals surface area contributed by atoms with Crippen LogP contribution in [0.15, 0.2) is 18.3 Å². The maximum atomic E-state index is 12.5. The molecule has 0 radical (unpaired) electrons. The van der Waals surface area contributed by atoms with Gasteiger partial charge in [-0.25, -0.2) is 4.98 Å². The first kappa shape index (κ1) is 13.8. The molecule has 2 N–H and O–H groups in total. The number of rotatable bonds is 3. The lowest BCUT2D eigenvalue weighted by Gasteiger charge is -2.35. The third kappa shape index (κ3) is 2.87. The minimum atomic E-state index is -0.419. The normalized spacial score (nSPS) is 22.9. The lowest BCUT2D eigenvalue weighted by Crippen LogP contribution is -2.46. The molecule has 0 bridgehead atoms. The molecule has 104 valence electrons. The van der Waals surface area contributed by atoms with Crippen molar-refractivity contribution < 1.29 is 9.90 Å². The summed E-state index contributed by atoms with van der Waals surface area (Å²) in [5.74, 6) is 0.480. The highest BCUT2D eigenvalue weighted by molar-refractivity contribution is 5.98. The van der Waals surface area contributed by atoms with E-state index in [1.54, 1.807) is 37.3 Å². The first-order chi connectivity index (χ1) is 9.15. The predicted octanol–water partition coefficient (Wildman–Crippen LogP) is 1.50. The summed E-state index contributed by atoms with van der Waals surface area (Å²) in [4.78, 5) is 18.3. The van der Waals surface area contributed by atoms with E-state index in [2.05, 4.69) is 10.3 Å². The number of nitrogens with zero attached hydrogens (tertiary/aromatic N) is 2. The van der Waals surface area contributed by atoms with E-state index in [1.165, 1.54) is 0 Å². The molecule has 1 fully saturated rings. The smallest absolute Gasteiger partial charge is 0.257 e. The van der Waals surface area contributed by atoms with Gasteiger partial charge < -0.3 is 15.3 Å². The van der Waals surface area contributed by atoms with Gasteiger partial charge in [0.1, 0.15) is 5.82 Å². The number of likely N-dealkylation sites (N-methyl/N-ethyl adjacent to an activating group) is 1. The number of nitrogens with one attached hydrogen (secondary N) is 1. The number of pyridine rings is 1. The van der Waals surface area contributed by atoms with Crippen LogP contribution < -0.4 is 5.32 Å². The van der Waals surface area contributed by atoms with Gasteiger partial charge in [0.15, 0.2) is 0 Å². The van der Waals surface area contributed by atoms with E-state index in [9.17, 15) is 9.90 Å². The number of amides is 1. The molecule has 0 aromatic carbocycles. The van der Waals surface area contributed by atoms with Crippen LogP contribution in [0.25, 0.3) is 0 Å². The number of anilines is 1. The van der Waals surface area contributed by atoms with Crippen molar-refractivity contribution in [2.75, 3.05) is 19.4 Å². The van der Waals surface area contributed by atoms with Crippen molar-refractivity contribution in [3.8, 4) is 0 Å². The summed E-state index contributed by atoms with van der Waals surface area (Å²) in [6.07, 6.45) is 4.96. The molecule has 1 amide bonds. The van der Waals surface area contributed by atoms with Gasteiger partial charge >= 0.3 is 0 Å². The van der Waals surface area contributed by atoms with Crippen molar-refractivity contribution in [3.05, 3.63) is 23.9 Å². The zero-order valence-electron chi connectivity index (χ0n) is 11.5. The van der Waals surface area contributed by atoms with Crippen LogP contribution in [0.5, 0.6) is 0 Å². The zero-order chi connectivity index (χ0) is 13.8. The van der Waals surface area contributed by atoms with Crippen LogP contribution in [-0.4, -0.2) is 47.1 Å². The van der Waals surface area contributed by atoms with Crippen molar-refractivity contribution in [2.45, 2.75) is 37.8 Å². The highest BCUT2D eigenvalue weighted by Crippen LogP contribution is 2.24. The summed E-state index contributed by atoms with van der Waals surface area (Å²) in [5, 5.41) is 13.0. The van der Waals surface area contributed by atoms with Crippen molar-refractivity contribution in [1.82, 2.24) is 9.88 Å². The standard InChI is InChI=1S/C14H21N3O2/c1-15-13-10(6-5-9-16-13)14(19)17(2)11-7-3-4-8-12(11)18/h5-6,9,11-12,18H,3-4,7-8H2,1-2H3,(H,15,16). The fourth-order valence-corrected chi connectivity index (χ4v) is 2.66. The fraction of sp³-hybridized carbons (Fsp3) is 0.571. The summed E-state index contributed by atoms with van der Waals surface area (Å²) >= 11 is 0. The molecule has 1 aromatic rings. The Morgan fingerprint density at radius 2 is 2.21 bits per heavy atom. The van der Waals surface area contributed by atoms with Crippen molar-refractivity contribution >= 4 is 11.7 Å². The SMILES string of the molecule is CNc1ncccc1C(=O)N(C)C1CCCCC1O. The highest BCUT2D eigenvalue weighted by Gasteiger charge is 2.30. The number of carbonyl (C=O) groups excluding carboxylic acids is 1. The number of carbonyl (C=O) groups is 1. The molecule has 1 heterocycles. The molecule has 0 saturated heterocycles. The van der Waals surface area contributed by atoms with E-state index >= 15 is 0 Å². The molecule has 2 unspecified atom stereocenters. The van der Waals surface area contributed by atoms with E-state index in [1.807, 2.05) is 0 Å². The minimum absolute atomic E-state index is 0.0915. The highest BCUT2D eigenvalue weighted by atomic mass is 16.3. The Bertz CT molecular complexity index is 450. The van der Waals surface area contributed by atoms with Crippen LogP contribution in [0.1, 0.15) is 36.0 Å². The Labute approximate surface area is 113 Å². The molecule has 1 aromatic heterocycles. The van der Waals surface area contributed by atoms with Gasteiger partial charge in [0, 0.05) is 20.3 Å². The van der Waals surface area contributed by atoms with Gasteiger partial charge in [-0.2, -0.15) is 0 Å². The Morgan fingerprint density at radius 3 is 2.89 bits per heavy atom. The van der Waals surface area contributed by atoms with Crippen LogP contribution in [0.4, 0.5) is 5.82 Å². The Hall–Kier alpha value is -1.62. The molecule has 0 spiro atoms. The van der Waals surface area contributed by atoms with Gasteiger partial charge in [0.25, 0.3) is 5.91 Å². The molecule has 5 nitrogen and oxygen atoms in total. The van der Waals surface area contributed by atoms with E-state index in [0.29, 0.717) is 11.4 Å². The number of hydrogen-bond donors (Lipinski definition) is 2. The Morgan fingerprint density at radius 1 is 1.47 bits per heavy atom. The summed E-state index contributed by atoms with van der Waals surface area (Å²) in [6, 6.07) is 3.41. The second kappa shape index (κ2) is 6.02. The largest absolute Gasteiger partial charge is 0.391 e. The van der Waals surface area contributed by atoms with Gasteiger partial charge in [-0.1, -0.05) is 12.8 Å². The third-order valence-electron chi connectivity index (χ3n) is 3.79. The number of hydrogen-bond acceptors (Lipinski definition) is 4. The molecule has 19 heavy (non-hydrogen) atoms. The average Bonchev–Trinajstić information content (AvgIpc) is 2.46. The zero-order valence-corrected chi connectivity index (χ0v) is 11.5. The van der Waals surface area contributed by atoms with E-state index in [0.717, 1.165) is 25.7 Å². The first-order valence-corrected chi connectivity index (χ1v) is 6.73. The predicted molar refractivity (Wildman–Crippen MR) is 74.1 cm³/mol. The third-order valence-corrected chi connectivity index (χ3v) is 3.79. The molecule has 1 saturated carbocycles. The van der Waals surface area contributed by atoms with Gasteiger partial charge in [0.2, 0.25) is 0 Å². The summed E-state index contributed by atoms with van der Waals surface area (Å²) in [5.41, 5.74) is 0.547. The monoisotopic (exact) mass is 263 g/mol. The lowest BCUT2D eigenvalue weighted by atomic mass is 9.91. The number of aliphatic hydroxyl groups is 1. The summed E-state index contributed by atoms with van der Waals surface area (Å²) in [6.45, 7) is 0. The van der Waals surface area contributed by atoms with Crippen molar-refractivity contribution in [2.24, 2.45) is 0 Å². The Balaban J connectivity index is 2.18. The van der Waals surface area contributed by atoms with Crippen LogP contribution in [0, 0.1) is 0 Å². The Kier molecular flexibility index (Phi) is 4.37. The number of aliphatic hydroxyl groups excluding tert-OH is 1. The summed E-state index contributed by atoms with van der Waals surface area (Å²) in [7, 11) is 3.50. The topological polar surface area (TPSA) is 65.5 Å². The van der Waals surface area contributed by atoms with Gasteiger partial charge in [-0.3, -0.25) is 4.79 Å². The number of aromatic nitrogens is 1. The first-order valence-electron chi connectivity index (χ1n) is 6.73. The molecule has 2 atom stereocenters. The van der Waals surface area contributed by atoms with E-state index in [4.69, 9.17) is 0 Å². The van der Waals surface area contributed by atoms with Crippen molar-refractivity contribution in [3.63, 3.8) is 0 Å². The van der Waals surface area contributed by atoms with Crippen LogP contribution >= 0.6 is 0 Å². The quantitative estimate of drug-likeness (QED) is 0.867. The second-order valence-electron chi connectivity index (χ2n) is 4.98. The maximum absolute atomic E-state index is 12.5. The van der Waals surface area contributed by atoms with Crippen LogP contribution in [-0.2, 0) is 0 Å². The molecule has 5 heteroatoms. The van der Waals surface area contributed by atoms with E-state index < -0.39 is 6.10 Å². The van der Waals surface area contributed by atoms with E-state index in [-0.39, 0.29) is 11.9 Å². The van der Waals surface area contributed by atoms with Crippen LogP contribution in [0.3, 0.4) is 0 Å². The molecular formula is C14H21N3O2. The molecule has 1 aliphatic carbocycles.